The number of methoxy groups -OCH3 is 3. The third-order valence-corrected chi connectivity index (χ3v) is 2.37. The van der Waals surface area contributed by atoms with Crippen molar-refractivity contribution < 1.29 is 23.7 Å². The fraction of sp³-hybridized carbons (Fsp3) is 0.455. The Kier molecular flexibility index (Phi) is 4.53. The Morgan fingerprint density at radius 2 is 1.82 bits per heavy atom. The summed E-state index contributed by atoms with van der Waals surface area (Å²) in [4.78, 5) is 0. The molecule has 5 nitrogen and oxygen atoms in total. The lowest BCUT2D eigenvalue weighted by molar-refractivity contribution is 0.174. The molecule has 3 N–H and O–H groups in total. The summed E-state index contributed by atoms with van der Waals surface area (Å²) in [6.07, 6.45) is -1.09. The van der Waals surface area contributed by atoms with Crippen molar-refractivity contribution in [3.05, 3.63) is 17.4 Å². The lowest BCUT2D eigenvalue weighted by Gasteiger charge is -2.19. The van der Waals surface area contributed by atoms with Gasteiger partial charge in [-0.2, -0.15) is 0 Å². The number of hydrogen-bond donors (Lipinski definition) is 2. The maximum atomic E-state index is 13.7. The van der Waals surface area contributed by atoms with Crippen LogP contribution < -0.4 is 19.9 Å². The molecule has 0 saturated heterocycles. The molecule has 0 aliphatic rings. The molecule has 0 radical (unpaired) electrons. The van der Waals surface area contributed by atoms with Crippen molar-refractivity contribution in [2.24, 2.45) is 5.73 Å². The molecule has 1 rings (SSSR count). The first-order valence-electron chi connectivity index (χ1n) is 4.97. The number of aliphatic hydroxyl groups is 1. The van der Waals surface area contributed by atoms with Crippen molar-refractivity contribution in [1.82, 2.24) is 0 Å². The van der Waals surface area contributed by atoms with Crippen molar-refractivity contribution in [2.45, 2.75) is 6.10 Å². The van der Waals surface area contributed by atoms with Crippen LogP contribution in [0.3, 0.4) is 0 Å². The van der Waals surface area contributed by atoms with E-state index in [1.807, 2.05) is 0 Å². The van der Waals surface area contributed by atoms with Crippen LogP contribution in [0.2, 0.25) is 0 Å². The van der Waals surface area contributed by atoms with Gasteiger partial charge in [0.1, 0.15) is 0 Å². The summed E-state index contributed by atoms with van der Waals surface area (Å²) in [5, 5.41) is 9.79. The van der Waals surface area contributed by atoms with E-state index in [2.05, 4.69) is 0 Å². The molecular formula is C11H16FNO4. The van der Waals surface area contributed by atoms with Gasteiger partial charge in [0.15, 0.2) is 23.1 Å². The Balaban J connectivity index is 3.52. The van der Waals surface area contributed by atoms with Crippen LogP contribution in [0.25, 0.3) is 0 Å². The average molecular weight is 245 g/mol. The lowest BCUT2D eigenvalue weighted by Crippen LogP contribution is -2.15. The standard InChI is InChI=1S/C11H16FNO4/c1-15-8-4-6(12)10(16-2)9(7(14)5-13)11(8)17-3/h4,7,14H,5,13H2,1-3H3. The SMILES string of the molecule is COc1cc(F)c(OC)c(C(O)CN)c1OC. The van der Waals surface area contributed by atoms with Crippen molar-refractivity contribution >= 4 is 0 Å². The Morgan fingerprint density at radius 1 is 1.24 bits per heavy atom. The van der Waals surface area contributed by atoms with Gasteiger partial charge >= 0.3 is 0 Å². The molecule has 0 aromatic heterocycles. The van der Waals surface area contributed by atoms with Crippen LogP contribution in [-0.2, 0) is 0 Å². The number of hydrogen-bond acceptors (Lipinski definition) is 5. The van der Waals surface area contributed by atoms with Gasteiger partial charge in [0, 0.05) is 12.6 Å². The van der Waals surface area contributed by atoms with Gasteiger partial charge < -0.3 is 25.1 Å². The van der Waals surface area contributed by atoms with Crippen LogP contribution in [-0.4, -0.2) is 33.0 Å². The maximum absolute atomic E-state index is 13.7. The summed E-state index contributed by atoms with van der Waals surface area (Å²) >= 11 is 0. The number of aliphatic hydroxyl groups excluding tert-OH is 1. The molecule has 0 aliphatic heterocycles. The topological polar surface area (TPSA) is 73.9 Å². The molecule has 6 heteroatoms. The molecule has 0 saturated carbocycles. The summed E-state index contributed by atoms with van der Waals surface area (Å²) in [5.74, 6) is -0.356. The highest BCUT2D eigenvalue weighted by Gasteiger charge is 2.25. The number of ether oxygens (including phenoxy) is 3. The second kappa shape index (κ2) is 5.70. The zero-order valence-electron chi connectivity index (χ0n) is 9.99. The van der Waals surface area contributed by atoms with Crippen molar-refractivity contribution in [3.63, 3.8) is 0 Å². The smallest absolute Gasteiger partial charge is 0.170 e. The molecule has 0 aliphatic carbocycles. The molecule has 0 heterocycles. The highest BCUT2D eigenvalue weighted by Crippen LogP contribution is 2.42. The van der Waals surface area contributed by atoms with Crippen molar-refractivity contribution in [1.29, 1.82) is 0 Å². The van der Waals surface area contributed by atoms with Gasteiger partial charge in [-0.3, -0.25) is 0 Å². The summed E-state index contributed by atoms with van der Waals surface area (Å²) in [6.45, 7) is -0.0840. The minimum Gasteiger partial charge on any atom is -0.493 e. The van der Waals surface area contributed by atoms with Crippen molar-refractivity contribution in [2.75, 3.05) is 27.9 Å². The Morgan fingerprint density at radius 3 is 2.24 bits per heavy atom. The molecular weight excluding hydrogens is 229 g/mol. The number of nitrogens with two attached hydrogens (primary N) is 1. The van der Waals surface area contributed by atoms with E-state index in [1.54, 1.807) is 0 Å². The van der Waals surface area contributed by atoms with E-state index in [1.165, 1.54) is 21.3 Å². The molecule has 1 atom stereocenters. The molecule has 17 heavy (non-hydrogen) atoms. The van der Waals surface area contributed by atoms with E-state index in [4.69, 9.17) is 19.9 Å². The van der Waals surface area contributed by atoms with E-state index >= 15 is 0 Å². The average Bonchev–Trinajstić information content (AvgIpc) is 2.36. The third kappa shape index (κ3) is 2.42. The van der Waals surface area contributed by atoms with Crippen LogP contribution >= 0.6 is 0 Å². The summed E-state index contributed by atoms with van der Waals surface area (Å²) in [6, 6.07) is 1.13. The second-order valence-corrected chi connectivity index (χ2v) is 3.29. The summed E-state index contributed by atoms with van der Waals surface area (Å²) < 4.78 is 28.7. The third-order valence-electron chi connectivity index (χ3n) is 2.37. The fourth-order valence-corrected chi connectivity index (χ4v) is 1.60. The van der Waals surface area contributed by atoms with E-state index in [-0.39, 0.29) is 29.4 Å². The van der Waals surface area contributed by atoms with Gasteiger partial charge in [0.2, 0.25) is 0 Å². The minimum absolute atomic E-state index is 0.0840. The quantitative estimate of drug-likeness (QED) is 0.804. The molecule has 1 unspecified atom stereocenters. The molecule has 0 fully saturated rings. The molecule has 1 aromatic rings. The van der Waals surface area contributed by atoms with Gasteiger partial charge in [-0.05, 0) is 0 Å². The van der Waals surface area contributed by atoms with E-state index < -0.39 is 11.9 Å². The van der Waals surface area contributed by atoms with Gasteiger partial charge in [0.05, 0.1) is 33.0 Å². The highest BCUT2D eigenvalue weighted by molar-refractivity contribution is 5.55. The zero-order valence-corrected chi connectivity index (χ0v) is 9.99. The summed E-state index contributed by atoms with van der Waals surface area (Å²) in [7, 11) is 4.07. The van der Waals surface area contributed by atoms with Crippen LogP contribution in [0.1, 0.15) is 11.7 Å². The predicted octanol–water partition coefficient (Wildman–Crippen LogP) is 0.844. The van der Waals surface area contributed by atoms with E-state index in [9.17, 15) is 9.50 Å². The molecule has 0 amide bonds. The number of halogens is 1. The van der Waals surface area contributed by atoms with E-state index in [0.717, 1.165) is 6.07 Å². The first-order chi connectivity index (χ1) is 8.10. The minimum atomic E-state index is -1.09. The predicted molar refractivity (Wildman–Crippen MR) is 60.1 cm³/mol. The second-order valence-electron chi connectivity index (χ2n) is 3.29. The van der Waals surface area contributed by atoms with Gasteiger partial charge in [0.25, 0.3) is 0 Å². The Hall–Kier alpha value is -1.53. The Labute approximate surface area is 98.9 Å². The lowest BCUT2D eigenvalue weighted by atomic mass is 10.1. The zero-order chi connectivity index (χ0) is 13.0. The first kappa shape index (κ1) is 13.5. The van der Waals surface area contributed by atoms with Crippen LogP contribution in [0.15, 0.2) is 6.07 Å². The summed E-state index contributed by atoms with van der Waals surface area (Å²) in [5.41, 5.74) is 5.52. The molecule has 96 valence electrons. The number of benzene rings is 1. The number of rotatable bonds is 5. The normalized spacial score (nSPS) is 12.1. The Bertz CT molecular complexity index is 398. The monoisotopic (exact) mass is 245 g/mol. The maximum Gasteiger partial charge on any atom is 0.170 e. The highest BCUT2D eigenvalue weighted by atomic mass is 19.1. The van der Waals surface area contributed by atoms with Gasteiger partial charge in [-0.1, -0.05) is 0 Å². The largest absolute Gasteiger partial charge is 0.493 e. The van der Waals surface area contributed by atoms with Crippen LogP contribution in [0.5, 0.6) is 17.2 Å². The van der Waals surface area contributed by atoms with Gasteiger partial charge in [-0.15, -0.1) is 0 Å². The molecule has 1 aromatic carbocycles. The van der Waals surface area contributed by atoms with Gasteiger partial charge in [-0.25, -0.2) is 4.39 Å². The van der Waals surface area contributed by atoms with Crippen molar-refractivity contribution in [3.8, 4) is 17.2 Å². The molecule has 0 spiro atoms. The van der Waals surface area contributed by atoms with Crippen LogP contribution in [0.4, 0.5) is 4.39 Å². The molecule has 0 bridgehead atoms. The van der Waals surface area contributed by atoms with E-state index in [0.29, 0.717) is 0 Å². The first-order valence-corrected chi connectivity index (χ1v) is 4.97. The van der Waals surface area contributed by atoms with Crippen LogP contribution in [0, 0.1) is 5.82 Å². The fourth-order valence-electron chi connectivity index (χ4n) is 1.60.